The van der Waals surface area contributed by atoms with E-state index in [0.29, 0.717) is 0 Å². The van der Waals surface area contributed by atoms with Crippen LogP contribution in [0.5, 0.6) is 0 Å². The molecule has 0 N–H and O–H groups in total. The molecule has 0 radical (unpaired) electrons. The fraction of sp³-hybridized carbons (Fsp3) is 0.417. The lowest BCUT2D eigenvalue weighted by Crippen LogP contribution is -2.42. The van der Waals surface area contributed by atoms with E-state index in [1.54, 1.807) is 21.3 Å². The monoisotopic (exact) mass is 253 g/mol. The van der Waals surface area contributed by atoms with Crippen molar-refractivity contribution in [3.63, 3.8) is 0 Å². The number of hydrogen-bond donors (Lipinski definition) is 0. The Labute approximate surface area is 104 Å². The summed E-state index contributed by atoms with van der Waals surface area (Å²) in [6, 6.07) is 10.6. The fourth-order valence-corrected chi connectivity index (χ4v) is 3.08. The van der Waals surface area contributed by atoms with E-state index in [1.807, 2.05) is 36.5 Å². The Bertz CT molecular complexity index is 331. The van der Waals surface area contributed by atoms with Crippen molar-refractivity contribution in [2.45, 2.75) is 12.5 Å². The second kappa shape index (κ2) is 7.34. The van der Waals surface area contributed by atoms with Crippen LogP contribution in [0.2, 0.25) is 6.04 Å². The van der Waals surface area contributed by atoms with Gasteiger partial charge in [-0.05, 0) is 18.6 Å². The maximum Gasteiger partial charge on any atom is 0.500 e. The van der Waals surface area contributed by atoms with Gasteiger partial charge in [0.25, 0.3) is 0 Å². The standard InChI is InChI=1S/C12H19NO3Si/c1-14-17(15-2,16-3)11-7-10-13-12-8-5-4-6-9-12/h4-6,8-10H,7,11H2,1-3H3/b13-10+. The van der Waals surface area contributed by atoms with Gasteiger partial charge in [-0.3, -0.25) is 4.99 Å². The third-order valence-corrected chi connectivity index (χ3v) is 5.28. The average Bonchev–Trinajstić information content (AvgIpc) is 2.41. The molecule has 17 heavy (non-hydrogen) atoms. The second-order valence-electron chi connectivity index (χ2n) is 3.48. The van der Waals surface area contributed by atoms with Gasteiger partial charge in [0.2, 0.25) is 0 Å². The van der Waals surface area contributed by atoms with Gasteiger partial charge < -0.3 is 13.3 Å². The molecule has 0 fully saturated rings. The predicted octanol–water partition coefficient (Wildman–Crippen LogP) is 2.66. The van der Waals surface area contributed by atoms with E-state index in [4.69, 9.17) is 13.3 Å². The lowest BCUT2D eigenvalue weighted by Gasteiger charge is -2.23. The summed E-state index contributed by atoms with van der Waals surface area (Å²) < 4.78 is 16.0. The summed E-state index contributed by atoms with van der Waals surface area (Å²) in [6.07, 6.45) is 2.64. The van der Waals surface area contributed by atoms with Crippen LogP contribution in [0, 0.1) is 0 Å². The van der Waals surface area contributed by atoms with Crippen LogP contribution in [0.25, 0.3) is 0 Å². The minimum atomic E-state index is -2.45. The lowest BCUT2D eigenvalue weighted by atomic mass is 10.3. The zero-order valence-corrected chi connectivity index (χ0v) is 11.6. The Morgan fingerprint density at radius 3 is 2.18 bits per heavy atom. The highest BCUT2D eigenvalue weighted by atomic mass is 28.4. The molecule has 1 aromatic carbocycles. The molecule has 4 nitrogen and oxygen atoms in total. The van der Waals surface area contributed by atoms with Crippen LogP contribution in [-0.4, -0.2) is 36.3 Å². The highest BCUT2D eigenvalue weighted by Crippen LogP contribution is 2.15. The van der Waals surface area contributed by atoms with Gasteiger partial charge in [-0.15, -0.1) is 0 Å². The smallest absolute Gasteiger partial charge is 0.377 e. The average molecular weight is 253 g/mol. The molecule has 0 aliphatic carbocycles. The summed E-state index contributed by atoms with van der Waals surface area (Å²) in [5, 5.41) is 0. The lowest BCUT2D eigenvalue weighted by molar-refractivity contribution is 0.124. The Morgan fingerprint density at radius 2 is 1.65 bits per heavy atom. The fourth-order valence-electron chi connectivity index (χ4n) is 1.48. The summed E-state index contributed by atoms with van der Waals surface area (Å²) in [7, 11) is 2.41. The molecule has 0 heterocycles. The quantitative estimate of drug-likeness (QED) is 0.554. The van der Waals surface area contributed by atoms with Gasteiger partial charge >= 0.3 is 8.80 Å². The second-order valence-corrected chi connectivity index (χ2v) is 6.57. The molecule has 94 valence electrons. The summed E-state index contributed by atoms with van der Waals surface area (Å²) >= 11 is 0. The number of hydrogen-bond acceptors (Lipinski definition) is 4. The number of nitrogens with zero attached hydrogens (tertiary/aromatic N) is 1. The third kappa shape index (κ3) is 4.39. The summed E-state index contributed by atoms with van der Waals surface area (Å²) in [5.74, 6) is 0. The van der Waals surface area contributed by atoms with Crippen molar-refractivity contribution in [1.29, 1.82) is 0 Å². The van der Waals surface area contributed by atoms with Crippen LogP contribution in [-0.2, 0) is 13.3 Å². The molecule has 5 heteroatoms. The van der Waals surface area contributed by atoms with Gasteiger partial charge in [0.1, 0.15) is 0 Å². The summed E-state index contributed by atoms with van der Waals surface area (Å²) in [6.45, 7) is 0. The van der Waals surface area contributed by atoms with Gasteiger partial charge in [0.05, 0.1) is 5.69 Å². The Hall–Kier alpha value is -1.01. The largest absolute Gasteiger partial charge is 0.500 e. The predicted molar refractivity (Wildman–Crippen MR) is 70.8 cm³/mol. The SMILES string of the molecule is CO[Si](CC/C=N/c1ccccc1)(OC)OC. The number of aliphatic imine (C=N–C) groups is 1. The molecule has 0 aliphatic rings. The highest BCUT2D eigenvalue weighted by molar-refractivity contribution is 6.60. The van der Waals surface area contributed by atoms with Gasteiger partial charge in [0.15, 0.2) is 0 Å². The van der Waals surface area contributed by atoms with Crippen molar-refractivity contribution >= 4 is 20.7 Å². The molecule has 0 aromatic heterocycles. The zero-order valence-electron chi connectivity index (χ0n) is 10.6. The van der Waals surface area contributed by atoms with Crippen LogP contribution < -0.4 is 0 Å². The Kier molecular flexibility index (Phi) is 6.07. The van der Waals surface area contributed by atoms with E-state index in [-0.39, 0.29) is 0 Å². The topological polar surface area (TPSA) is 40.0 Å². The zero-order chi connectivity index (χ0) is 12.6. The molecule has 0 saturated carbocycles. The summed E-state index contributed by atoms with van der Waals surface area (Å²) in [5.41, 5.74) is 0.951. The van der Waals surface area contributed by atoms with Crippen LogP contribution in [0.15, 0.2) is 35.3 Å². The molecule has 0 atom stereocenters. The van der Waals surface area contributed by atoms with Crippen LogP contribution in [0.1, 0.15) is 6.42 Å². The van der Waals surface area contributed by atoms with E-state index >= 15 is 0 Å². The number of para-hydroxylation sites is 1. The van der Waals surface area contributed by atoms with Gasteiger partial charge in [-0.2, -0.15) is 0 Å². The first-order valence-electron chi connectivity index (χ1n) is 5.49. The minimum Gasteiger partial charge on any atom is -0.377 e. The molecular weight excluding hydrogens is 234 g/mol. The van der Waals surface area contributed by atoms with Gasteiger partial charge in [-0.25, -0.2) is 0 Å². The maximum absolute atomic E-state index is 5.32. The first-order valence-corrected chi connectivity index (χ1v) is 7.42. The molecule has 0 spiro atoms. The molecule has 1 rings (SSSR count). The van der Waals surface area contributed by atoms with E-state index in [9.17, 15) is 0 Å². The Balaban J connectivity index is 2.44. The van der Waals surface area contributed by atoms with Crippen molar-refractivity contribution in [2.24, 2.45) is 4.99 Å². The Morgan fingerprint density at radius 1 is 1.06 bits per heavy atom. The molecular formula is C12H19NO3Si. The number of rotatable bonds is 7. The minimum absolute atomic E-state index is 0.729. The van der Waals surface area contributed by atoms with Crippen molar-refractivity contribution in [3.8, 4) is 0 Å². The molecule has 0 saturated heterocycles. The van der Waals surface area contributed by atoms with Gasteiger partial charge in [-0.1, -0.05) is 18.2 Å². The number of benzene rings is 1. The molecule has 0 amide bonds. The van der Waals surface area contributed by atoms with Crippen molar-refractivity contribution in [2.75, 3.05) is 21.3 Å². The molecule has 0 unspecified atom stereocenters. The van der Waals surface area contributed by atoms with Crippen LogP contribution in [0.3, 0.4) is 0 Å². The van der Waals surface area contributed by atoms with Gasteiger partial charge in [0, 0.05) is 33.6 Å². The van der Waals surface area contributed by atoms with Crippen LogP contribution >= 0.6 is 0 Å². The van der Waals surface area contributed by atoms with Crippen molar-refractivity contribution in [1.82, 2.24) is 0 Å². The van der Waals surface area contributed by atoms with E-state index in [2.05, 4.69) is 4.99 Å². The molecule has 1 aromatic rings. The molecule has 0 bridgehead atoms. The van der Waals surface area contributed by atoms with Crippen molar-refractivity contribution < 1.29 is 13.3 Å². The normalized spacial score (nSPS) is 12.2. The van der Waals surface area contributed by atoms with Crippen molar-refractivity contribution in [3.05, 3.63) is 30.3 Å². The van der Waals surface area contributed by atoms with E-state index in [0.717, 1.165) is 18.2 Å². The van der Waals surface area contributed by atoms with E-state index < -0.39 is 8.80 Å². The summed E-state index contributed by atoms with van der Waals surface area (Å²) in [4.78, 5) is 4.34. The highest BCUT2D eigenvalue weighted by Gasteiger charge is 2.36. The maximum atomic E-state index is 5.32. The van der Waals surface area contributed by atoms with Crippen LogP contribution in [0.4, 0.5) is 5.69 Å². The third-order valence-electron chi connectivity index (χ3n) is 2.51. The first-order chi connectivity index (χ1) is 8.26. The first kappa shape index (κ1) is 14.0. The molecule has 0 aliphatic heterocycles. The van der Waals surface area contributed by atoms with E-state index in [1.165, 1.54) is 0 Å².